The first-order chi connectivity index (χ1) is 13.2. The van der Waals surface area contributed by atoms with Gasteiger partial charge < -0.3 is 9.84 Å². The fourth-order valence-corrected chi connectivity index (χ4v) is 5.38. The molecule has 0 amide bonds. The van der Waals surface area contributed by atoms with Gasteiger partial charge in [-0.25, -0.2) is 0 Å². The summed E-state index contributed by atoms with van der Waals surface area (Å²) in [5.41, 5.74) is 5.33. The largest absolute Gasteiger partial charge is 0.487 e. The number of ether oxygens (including phenoxy) is 1. The predicted octanol–water partition coefficient (Wildman–Crippen LogP) is 6.83. The van der Waals surface area contributed by atoms with Crippen molar-refractivity contribution >= 4 is 0 Å². The zero-order chi connectivity index (χ0) is 20.5. The van der Waals surface area contributed by atoms with Crippen LogP contribution in [0.5, 0.6) is 5.75 Å². The van der Waals surface area contributed by atoms with Crippen molar-refractivity contribution in [2.24, 2.45) is 5.92 Å². The fourth-order valence-electron chi connectivity index (χ4n) is 5.38. The second-order valence-corrected chi connectivity index (χ2v) is 10.3. The molecule has 0 unspecified atom stereocenters. The first-order valence-electron chi connectivity index (χ1n) is 11.3. The summed E-state index contributed by atoms with van der Waals surface area (Å²) >= 11 is 0. The van der Waals surface area contributed by atoms with Gasteiger partial charge in [0.25, 0.3) is 0 Å². The highest BCUT2D eigenvalue weighted by Gasteiger charge is 2.45. The molecule has 2 heteroatoms. The lowest BCUT2D eigenvalue weighted by Gasteiger charge is -2.48. The molecule has 0 radical (unpaired) electrons. The van der Waals surface area contributed by atoms with E-state index in [1.165, 1.54) is 54.4 Å². The lowest BCUT2D eigenvalue weighted by atomic mass is 9.66. The minimum Gasteiger partial charge on any atom is -0.487 e. The minimum atomic E-state index is -0.175. The zero-order valence-corrected chi connectivity index (χ0v) is 18.9. The first kappa shape index (κ1) is 21.4. The SMILES string of the molecule is CCCCCCC(C)(C)c1cc(C)c2c(c1)OC(C)(C)[C@@H]1CC=C(CO)C[C@@H]21. The van der Waals surface area contributed by atoms with Gasteiger partial charge in [-0.3, -0.25) is 0 Å². The predicted molar refractivity (Wildman–Crippen MR) is 118 cm³/mol. The summed E-state index contributed by atoms with van der Waals surface area (Å²) in [5.74, 6) is 2.01. The van der Waals surface area contributed by atoms with Gasteiger partial charge in [-0.15, -0.1) is 0 Å². The Morgan fingerprint density at radius 2 is 1.93 bits per heavy atom. The summed E-state index contributed by atoms with van der Waals surface area (Å²) < 4.78 is 6.63. The molecule has 1 aliphatic heterocycles. The van der Waals surface area contributed by atoms with Crippen LogP contribution in [0.1, 0.15) is 102 Å². The molecular weight excluding hydrogens is 344 g/mol. The number of hydrogen-bond acceptors (Lipinski definition) is 2. The van der Waals surface area contributed by atoms with Gasteiger partial charge in [0, 0.05) is 11.5 Å². The summed E-state index contributed by atoms with van der Waals surface area (Å²) in [6.07, 6.45) is 10.7. The van der Waals surface area contributed by atoms with Crippen LogP contribution in [0.25, 0.3) is 0 Å². The van der Waals surface area contributed by atoms with Crippen LogP contribution in [0.2, 0.25) is 0 Å². The van der Waals surface area contributed by atoms with Crippen LogP contribution in [-0.2, 0) is 5.41 Å². The Kier molecular flexibility index (Phi) is 6.29. The molecule has 1 heterocycles. The number of hydrogen-bond donors (Lipinski definition) is 1. The van der Waals surface area contributed by atoms with Crippen LogP contribution >= 0.6 is 0 Å². The molecule has 156 valence electrons. The van der Waals surface area contributed by atoms with Gasteiger partial charge in [-0.1, -0.05) is 58.6 Å². The van der Waals surface area contributed by atoms with Gasteiger partial charge in [0.15, 0.2) is 0 Å². The Morgan fingerprint density at radius 3 is 2.61 bits per heavy atom. The Labute approximate surface area is 172 Å². The van der Waals surface area contributed by atoms with Crippen molar-refractivity contribution in [1.29, 1.82) is 0 Å². The summed E-state index contributed by atoms with van der Waals surface area (Å²) in [5, 5.41) is 9.70. The average molecular weight is 385 g/mol. The number of aliphatic hydroxyl groups excluding tert-OH is 1. The smallest absolute Gasteiger partial charge is 0.124 e. The molecule has 1 aliphatic carbocycles. The third kappa shape index (κ3) is 4.17. The van der Waals surface area contributed by atoms with Gasteiger partial charge in [-0.2, -0.15) is 0 Å². The molecule has 0 saturated carbocycles. The van der Waals surface area contributed by atoms with Crippen molar-refractivity contribution in [1.82, 2.24) is 0 Å². The van der Waals surface area contributed by atoms with E-state index in [4.69, 9.17) is 4.74 Å². The van der Waals surface area contributed by atoms with E-state index in [0.29, 0.717) is 11.8 Å². The zero-order valence-electron chi connectivity index (χ0n) is 18.9. The highest BCUT2D eigenvalue weighted by molar-refractivity contribution is 5.50. The standard InChI is InChI=1S/C26H40O2/c1-7-8-9-10-13-25(3,4)20-14-18(2)24-21-15-19(17-27)11-12-22(21)26(5,6)28-23(24)16-20/h11,14,16,21-22,27H,7-10,12-13,15,17H2,1-6H3/t21-,22-/m1/s1. The maximum Gasteiger partial charge on any atom is 0.124 e. The van der Waals surface area contributed by atoms with Crippen LogP contribution in [0.3, 0.4) is 0 Å². The molecule has 1 aromatic rings. The second-order valence-electron chi connectivity index (χ2n) is 10.3. The van der Waals surface area contributed by atoms with E-state index in [9.17, 15) is 5.11 Å². The Hall–Kier alpha value is -1.28. The van der Waals surface area contributed by atoms with E-state index in [1.807, 2.05) is 0 Å². The Balaban J connectivity index is 1.93. The number of aliphatic hydroxyl groups is 1. The maximum absolute atomic E-state index is 9.70. The molecule has 1 aromatic carbocycles. The minimum absolute atomic E-state index is 0.167. The van der Waals surface area contributed by atoms with Crippen LogP contribution in [0.4, 0.5) is 0 Å². The van der Waals surface area contributed by atoms with Crippen LogP contribution in [0.15, 0.2) is 23.8 Å². The fraction of sp³-hybridized carbons (Fsp3) is 0.692. The van der Waals surface area contributed by atoms with Gasteiger partial charge >= 0.3 is 0 Å². The molecule has 0 spiro atoms. The van der Waals surface area contributed by atoms with Gasteiger partial charge in [-0.05, 0) is 74.1 Å². The molecule has 1 N–H and O–H groups in total. The number of rotatable bonds is 7. The lowest BCUT2D eigenvalue weighted by Crippen LogP contribution is -2.46. The van der Waals surface area contributed by atoms with Crippen LogP contribution < -0.4 is 4.74 Å². The molecule has 0 fully saturated rings. The molecule has 3 rings (SSSR count). The third-order valence-electron chi connectivity index (χ3n) is 7.25. The Bertz CT molecular complexity index is 726. The Morgan fingerprint density at radius 1 is 1.18 bits per heavy atom. The molecule has 0 saturated heterocycles. The van der Waals surface area contributed by atoms with E-state index < -0.39 is 0 Å². The van der Waals surface area contributed by atoms with Gasteiger partial charge in [0.05, 0.1) is 6.61 Å². The molecule has 2 atom stereocenters. The monoisotopic (exact) mass is 384 g/mol. The summed E-state index contributed by atoms with van der Waals surface area (Å²) in [4.78, 5) is 0. The molecule has 28 heavy (non-hydrogen) atoms. The number of benzene rings is 1. The quantitative estimate of drug-likeness (QED) is 0.412. The van der Waals surface area contributed by atoms with E-state index in [0.717, 1.165) is 18.6 Å². The molecule has 0 bridgehead atoms. The van der Waals surface area contributed by atoms with Crippen LogP contribution in [0, 0.1) is 12.8 Å². The van der Waals surface area contributed by atoms with Crippen molar-refractivity contribution < 1.29 is 9.84 Å². The van der Waals surface area contributed by atoms with Crippen molar-refractivity contribution in [3.63, 3.8) is 0 Å². The average Bonchev–Trinajstić information content (AvgIpc) is 2.63. The van der Waals surface area contributed by atoms with E-state index >= 15 is 0 Å². The van der Waals surface area contributed by atoms with Crippen molar-refractivity contribution in [3.8, 4) is 5.75 Å². The van der Waals surface area contributed by atoms with E-state index in [2.05, 4.69) is 59.8 Å². The maximum atomic E-state index is 9.70. The van der Waals surface area contributed by atoms with E-state index in [-0.39, 0.29) is 17.6 Å². The van der Waals surface area contributed by atoms with Gasteiger partial charge in [0.2, 0.25) is 0 Å². The van der Waals surface area contributed by atoms with Crippen LogP contribution in [-0.4, -0.2) is 17.3 Å². The third-order valence-corrected chi connectivity index (χ3v) is 7.25. The van der Waals surface area contributed by atoms with Crippen molar-refractivity contribution in [2.75, 3.05) is 6.61 Å². The number of aryl methyl sites for hydroxylation is 1. The molecule has 2 aliphatic rings. The summed E-state index contributed by atoms with van der Waals surface area (Å²) in [6.45, 7) is 13.9. The van der Waals surface area contributed by atoms with Crippen molar-refractivity contribution in [2.45, 2.75) is 103 Å². The van der Waals surface area contributed by atoms with Gasteiger partial charge in [0.1, 0.15) is 11.4 Å². The molecule has 2 nitrogen and oxygen atoms in total. The number of unbranched alkanes of at least 4 members (excludes halogenated alkanes) is 3. The first-order valence-corrected chi connectivity index (χ1v) is 11.3. The summed E-state index contributed by atoms with van der Waals surface area (Å²) in [6, 6.07) is 4.74. The highest BCUT2D eigenvalue weighted by Crippen LogP contribution is 2.53. The normalized spacial score (nSPS) is 23.5. The number of allylic oxidation sites excluding steroid dienone is 1. The molecular formula is C26H40O2. The number of fused-ring (bicyclic) bond motifs is 3. The van der Waals surface area contributed by atoms with E-state index in [1.54, 1.807) is 0 Å². The molecule has 0 aromatic heterocycles. The topological polar surface area (TPSA) is 29.5 Å². The second kappa shape index (κ2) is 8.22. The van der Waals surface area contributed by atoms with Crippen molar-refractivity contribution in [3.05, 3.63) is 40.5 Å². The lowest BCUT2D eigenvalue weighted by molar-refractivity contribution is 0.00731. The highest BCUT2D eigenvalue weighted by atomic mass is 16.5. The summed E-state index contributed by atoms with van der Waals surface area (Å²) in [7, 11) is 0.